The van der Waals surface area contributed by atoms with Gasteiger partial charge in [-0.15, -0.1) is 0 Å². The molecule has 1 aromatic carbocycles. The van der Waals surface area contributed by atoms with Crippen LogP contribution in [0.25, 0.3) is 22.3 Å². The third kappa shape index (κ3) is 5.73. The van der Waals surface area contributed by atoms with E-state index in [1.54, 1.807) is 23.4 Å². The second kappa shape index (κ2) is 13.2. The summed E-state index contributed by atoms with van der Waals surface area (Å²) in [5, 5.41) is 5.47. The fourth-order valence-electron chi connectivity index (χ4n) is 6.48. The summed E-state index contributed by atoms with van der Waals surface area (Å²) in [4.78, 5) is 67.8. The van der Waals surface area contributed by atoms with Crippen molar-refractivity contribution in [3.05, 3.63) is 61.7 Å². The van der Waals surface area contributed by atoms with Crippen molar-refractivity contribution in [3.63, 3.8) is 0 Å². The average Bonchev–Trinajstić information content (AvgIpc) is 3.41. The van der Waals surface area contributed by atoms with Gasteiger partial charge < -0.3 is 34.4 Å². The zero-order valence-corrected chi connectivity index (χ0v) is 25.7. The Balaban J connectivity index is 1.57. The van der Waals surface area contributed by atoms with E-state index in [2.05, 4.69) is 10.6 Å². The number of nitrogens with zero attached hydrogens (tertiary/aromatic N) is 3. The van der Waals surface area contributed by atoms with Crippen LogP contribution >= 0.6 is 0 Å². The first kappa shape index (κ1) is 31.9. The fourth-order valence-corrected chi connectivity index (χ4v) is 6.48. The van der Waals surface area contributed by atoms with Gasteiger partial charge >= 0.3 is 0 Å². The lowest BCUT2D eigenvalue weighted by Crippen LogP contribution is -2.38. The number of aromatic nitrogens is 2. The number of carbonyl (C=O) groups is 4. The van der Waals surface area contributed by atoms with E-state index in [1.165, 1.54) is 13.2 Å². The molecule has 1 aliphatic heterocycles. The molecule has 3 amide bonds. The maximum absolute atomic E-state index is 15.2. The Bertz CT molecular complexity index is 1750. The number of nitrogens with one attached hydrogen (secondary N) is 2. The monoisotopic (exact) mass is 621 g/mol. The number of likely N-dealkylation sites (N-methyl/N-ethyl adjacent to an activating group) is 1. The van der Waals surface area contributed by atoms with Crippen molar-refractivity contribution in [2.75, 3.05) is 34.0 Å². The van der Waals surface area contributed by atoms with Crippen LogP contribution in [-0.2, 0) is 48.2 Å². The highest BCUT2D eigenvalue weighted by Crippen LogP contribution is 2.46. The topological polar surface area (TPSA) is 149 Å². The van der Waals surface area contributed by atoms with E-state index < -0.39 is 17.9 Å². The van der Waals surface area contributed by atoms with Crippen LogP contribution in [0.1, 0.15) is 65.1 Å². The van der Waals surface area contributed by atoms with Crippen LogP contribution < -0.4 is 16.2 Å². The Hall–Kier alpha value is -4.49. The molecule has 2 N–H and O–H groups in total. The minimum absolute atomic E-state index is 0.0415. The molecule has 0 saturated carbocycles. The second-order valence-electron chi connectivity index (χ2n) is 11.3. The lowest BCUT2D eigenvalue weighted by atomic mass is 9.81. The lowest BCUT2D eigenvalue weighted by Gasteiger charge is -2.35. The van der Waals surface area contributed by atoms with Crippen LogP contribution in [0.2, 0.25) is 0 Å². The van der Waals surface area contributed by atoms with E-state index in [1.807, 2.05) is 13.0 Å². The van der Waals surface area contributed by atoms with Crippen LogP contribution in [0, 0.1) is 12.7 Å². The molecule has 3 heterocycles. The Labute approximate surface area is 258 Å². The molecule has 0 radical (unpaired) electrons. The van der Waals surface area contributed by atoms with Crippen molar-refractivity contribution < 1.29 is 33.0 Å². The third-order valence-electron chi connectivity index (χ3n) is 8.84. The van der Waals surface area contributed by atoms with Crippen LogP contribution in [0.3, 0.4) is 0 Å². The van der Waals surface area contributed by atoms with Crippen molar-refractivity contribution in [2.24, 2.45) is 0 Å². The fraction of sp³-hybridized carbons (Fsp3) is 0.438. The standard InChI is InChI=1S/C32H36FN5O7/c1-5-18(12-39)20-8-26-31-21(11-38(26)32(43)22(20)13-44-4)30-25(7-6-19-17(2)23(33)9-24(36-31)29(19)30)37(3)28(42)14-45-16-35-27(41)10-34-15-40/h8-9,12,15,18,25H,5-7,10-11,13-14,16H2,1-4H3,(H,34,40)(H,35,41). The zero-order valence-electron chi connectivity index (χ0n) is 25.7. The molecular weight excluding hydrogens is 585 g/mol. The molecule has 0 saturated heterocycles. The lowest BCUT2D eigenvalue weighted by molar-refractivity contribution is -0.138. The van der Waals surface area contributed by atoms with Gasteiger partial charge in [-0.2, -0.15) is 0 Å². The van der Waals surface area contributed by atoms with Gasteiger partial charge in [0, 0.05) is 42.7 Å². The first-order valence-corrected chi connectivity index (χ1v) is 14.8. The molecule has 0 fully saturated rings. The van der Waals surface area contributed by atoms with Gasteiger partial charge in [-0.05, 0) is 54.5 Å². The van der Waals surface area contributed by atoms with E-state index in [9.17, 15) is 24.0 Å². The number of hydrogen-bond donors (Lipinski definition) is 2. The van der Waals surface area contributed by atoms with Crippen molar-refractivity contribution in [2.45, 2.75) is 58.2 Å². The number of pyridine rings is 2. The van der Waals surface area contributed by atoms with E-state index >= 15 is 4.39 Å². The number of amides is 3. The number of carbonyl (C=O) groups excluding carboxylic acids is 4. The SMILES string of the molecule is CCC(C=O)c1cc2n(c(=O)c1COC)Cc1c-2nc2cc(F)c(C)c3c2c1C(N(C)C(=O)COCNC(=O)CNC=O)CC3. The molecule has 5 rings (SSSR count). The highest BCUT2D eigenvalue weighted by atomic mass is 19.1. The molecule has 45 heavy (non-hydrogen) atoms. The number of benzene rings is 1. The van der Waals surface area contributed by atoms with Crippen LogP contribution in [0.5, 0.6) is 0 Å². The molecule has 0 bridgehead atoms. The predicted octanol–water partition coefficient (Wildman–Crippen LogP) is 1.99. The van der Waals surface area contributed by atoms with Gasteiger partial charge in [-0.25, -0.2) is 9.37 Å². The number of hydrogen-bond acceptors (Lipinski definition) is 8. The molecule has 2 aromatic heterocycles. The summed E-state index contributed by atoms with van der Waals surface area (Å²) in [6, 6.07) is 2.79. The molecule has 13 heteroatoms. The predicted molar refractivity (Wildman–Crippen MR) is 162 cm³/mol. The van der Waals surface area contributed by atoms with E-state index in [0.717, 1.165) is 28.4 Å². The van der Waals surface area contributed by atoms with Crippen molar-refractivity contribution in [3.8, 4) is 11.4 Å². The minimum Gasteiger partial charge on any atom is -0.380 e. The quantitative estimate of drug-likeness (QED) is 0.131. The van der Waals surface area contributed by atoms with E-state index in [-0.39, 0.29) is 50.3 Å². The second-order valence-corrected chi connectivity index (χ2v) is 11.3. The Morgan fingerprint density at radius 1 is 1.27 bits per heavy atom. The first-order chi connectivity index (χ1) is 21.7. The van der Waals surface area contributed by atoms with Gasteiger partial charge in [0.25, 0.3) is 5.56 Å². The molecule has 3 aromatic rings. The van der Waals surface area contributed by atoms with Gasteiger partial charge in [0.05, 0.1) is 42.6 Å². The summed E-state index contributed by atoms with van der Waals surface area (Å²) in [6.45, 7) is 3.10. The maximum atomic E-state index is 15.2. The molecule has 2 aliphatic rings. The first-order valence-electron chi connectivity index (χ1n) is 14.8. The molecule has 238 valence electrons. The van der Waals surface area contributed by atoms with Gasteiger partial charge in [0.15, 0.2) is 0 Å². The van der Waals surface area contributed by atoms with Crippen molar-refractivity contribution >= 4 is 35.4 Å². The van der Waals surface area contributed by atoms with Crippen LogP contribution in [0.4, 0.5) is 4.39 Å². The smallest absolute Gasteiger partial charge is 0.257 e. The summed E-state index contributed by atoms with van der Waals surface area (Å²) < 4.78 is 27.5. The Morgan fingerprint density at radius 2 is 2.04 bits per heavy atom. The number of aldehydes is 1. The number of rotatable bonds is 13. The van der Waals surface area contributed by atoms with E-state index in [4.69, 9.17) is 14.5 Å². The summed E-state index contributed by atoms with van der Waals surface area (Å²) in [5.74, 6) is -1.69. The van der Waals surface area contributed by atoms with Crippen LogP contribution in [0.15, 0.2) is 16.9 Å². The minimum atomic E-state index is -0.508. The molecule has 2 unspecified atom stereocenters. The molecule has 0 spiro atoms. The molecule has 2 atom stereocenters. The van der Waals surface area contributed by atoms with Gasteiger partial charge in [0.1, 0.15) is 25.4 Å². The van der Waals surface area contributed by atoms with Crippen molar-refractivity contribution in [1.29, 1.82) is 0 Å². The Kier molecular flexibility index (Phi) is 9.40. The van der Waals surface area contributed by atoms with Gasteiger partial charge in [-0.1, -0.05) is 6.92 Å². The normalized spacial score (nSPS) is 15.3. The summed E-state index contributed by atoms with van der Waals surface area (Å²) in [6.07, 6.45) is 2.76. The summed E-state index contributed by atoms with van der Waals surface area (Å²) in [5.41, 5.74) is 5.12. The number of fused-ring (bicyclic) bond motifs is 4. The van der Waals surface area contributed by atoms with Crippen molar-refractivity contribution in [1.82, 2.24) is 25.1 Å². The molecular formula is C32H36FN5O7. The number of aryl methyl sites for hydroxylation is 1. The highest BCUT2D eigenvalue weighted by molar-refractivity contribution is 5.93. The van der Waals surface area contributed by atoms with Gasteiger partial charge in [0.2, 0.25) is 18.2 Å². The largest absolute Gasteiger partial charge is 0.380 e. The van der Waals surface area contributed by atoms with E-state index in [0.29, 0.717) is 59.3 Å². The number of methoxy groups -OCH3 is 1. The van der Waals surface area contributed by atoms with Crippen LogP contribution in [-0.4, -0.2) is 73.0 Å². The Morgan fingerprint density at radius 3 is 2.73 bits per heavy atom. The van der Waals surface area contributed by atoms with Gasteiger partial charge in [-0.3, -0.25) is 19.2 Å². The summed E-state index contributed by atoms with van der Waals surface area (Å²) >= 11 is 0. The number of ether oxygens (including phenoxy) is 2. The molecule has 1 aliphatic carbocycles. The third-order valence-corrected chi connectivity index (χ3v) is 8.84. The number of halogens is 1. The zero-order chi connectivity index (χ0) is 32.4. The summed E-state index contributed by atoms with van der Waals surface area (Å²) in [7, 11) is 3.16. The average molecular weight is 622 g/mol. The maximum Gasteiger partial charge on any atom is 0.257 e. The molecule has 12 nitrogen and oxygen atoms in total. The highest BCUT2D eigenvalue weighted by Gasteiger charge is 2.37.